The number of carbonyl (C=O) groups is 2. The van der Waals surface area contributed by atoms with Gasteiger partial charge in [0.25, 0.3) is 5.91 Å². The molecule has 9 heteroatoms. The van der Waals surface area contributed by atoms with Crippen molar-refractivity contribution in [1.29, 1.82) is 0 Å². The van der Waals surface area contributed by atoms with Gasteiger partial charge in [0, 0.05) is 17.5 Å². The summed E-state index contributed by atoms with van der Waals surface area (Å²) >= 11 is 0. The minimum atomic E-state index is -0.366. The minimum Gasteiger partial charge on any atom is -0.497 e. The number of hydrogen-bond acceptors (Lipinski definition) is 8. The van der Waals surface area contributed by atoms with E-state index in [1.165, 1.54) is 0 Å². The first-order valence-electron chi connectivity index (χ1n) is 12.6. The summed E-state index contributed by atoms with van der Waals surface area (Å²) in [7, 11) is 4.85. The third-order valence-electron chi connectivity index (χ3n) is 6.95. The molecule has 4 rings (SSSR count). The highest BCUT2D eigenvalue weighted by molar-refractivity contribution is 6.05. The molecule has 0 aliphatic carbocycles. The van der Waals surface area contributed by atoms with E-state index in [1.807, 2.05) is 49.4 Å². The number of ether oxygens (including phenoxy) is 4. The average Bonchev–Trinajstić information content (AvgIpc) is 3.38. The van der Waals surface area contributed by atoms with Crippen molar-refractivity contribution in [2.45, 2.75) is 32.2 Å². The highest BCUT2D eigenvalue weighted by Gasteiger charge is 2.37. The van der Waals surface area contributed by atoms with Crippen molar-refractivity contribution in [2.75, 3.05) is 47.6 Å². The normalized spacial score (nSPS) is 18.3. The monoisotopic (exact) mass is 509 g/mol. The van der Waals surface area contributed by atoms with Crippen LogP contribution in [0.5, 0.6) is 17.2 Å². The zero-order valence-electron chi connectivity index (χ0n) is 21.9. The molecule has 0 aromatic heterocycles. The van der Waals surface area contributed by atoms with Gasteiger partial charge in [-0.05, 0) is 63.2 Å². The lowest BCUT2D eigenvalue weighted by atomic mass is 9.96. The highest BCUT2D eigenvalue weighted by atomic mass is 16.5. The zero-order chi connectivity index (χ0) is 26.4. The van der Waals surface area contributed by atoms with Gasteiger partial charge in [-0.15, -0.1) is 0 Å². The molecule has 0 bridgehead atoms. The van der Waals surface area contributed by atoms with Crippen LogP contribution in [0.1, 0.15) is 43.4 Å². The number of hydrazone groups is 1. The number of para-hydroxylation sites is 1. The first kappa shape index (κ1) is 26.5. The van der Waals surface area contributed by atoms with Crippen LogP contribution in [0, 0.1) is 5.92 Å². The number of methoxy groups -OCH3 is 3. The van der Waals surface area contributed by atoms with E-state index in [0.717, 1.165) is 16.8 Å². The number of amides is 1. The van der Waals surface area contributed by atoms with Crippen molar-refractivity contribution < 1.29 is 28.5 Å². The van der Waals surface area contributed by atoms with Crippen LogP contribution < -0.4 is 14.2 Å². The van der Waals surface area contributed by atoms with E-state index < -0.39 is 0 Å². The maximum Gasteiger partial charge on any atom is 0.309 e. The predicted octanol–water partition coefficient (Wildman–Crippen LogP) is 3.67. The number of likely N-dealkylation sites (tertiary alicyclic amines) is 1. The Hall–Kier alpha value is -3.59. The van der Waals surface area contributed by atoms with Crippen molar-refractivity contribution >= 4 is 17.6 Å². The Labute approximate surface area is 217 Å². The van der Waals surface area contributed by atoms with Gasteiger partial charge in [-0.1, -0.05) is 12.1 Å². The van der Waals surface area contributed by atoms with Gasteiger partial charge in [0.2, 0.25) is 0 Å². The van der Waals surface area contributed by atoms with Crippen molar-refractivity contribution in [3.05, 3.63) is 53.6 Å². The lowest BCUT2D eigenvalue weighted by molar-refractivity contribution is -0.149. The molecular formula is C28H35N3O6. The molecule has 0 N–H and O–H groups in total. The molecule has 2 aliphatic rings. The Kier molecular flexibility index (Phi) is 8.66. The third kappa shape index (κ3) is 5.88. The number of nitrogens with zero attached hydrogens (tertiary/aromatic N) is 3. The maximum atomic E-state index is 13.7. The van der Waals surface area contributed by atoms with Gasteiger partial charge < -0.3 is 18.9 Å². The lowest BCUT2D eigenvalue weighted by Crippen LogP contribution is -2.43. The summed E-state index contributed by atoms with van der Waals surface area (Å²) < 4.78 is 21.9. The van der Waals surface area contributed by atoms with Gasteiger partial charge in [0.05, 0.1) is 52.2 Å². The van der Waals surface area contributed by atoms with Crippen LogP contribution in [0.4, 0.5) is 0 Å². The van der Waals surface area contributed by atoms with Crippen molar-refractivity contribution in [2.24, 2.45) is 11.0 Å². The van der Waals surface area contributed by atoms with Crippen molar-refractivity contribution in [3.8, 4) is 17.2 Å². The molecule has 0 saturated carbocycles. The molecule has 198 valence electrons. The van der Waals surface area contributed by atoms with Crippen LogP contribution >= 0.6 is 0 Å². The molecule has 1 atom stereocenters. The number of rotatable bonds is 9. The number of benzene rings is 2. The van der Waals surface area contributed by atoms with Crippen LogP contribution in [-0.2, 0) is 14.3 Å². The van der Waals surface area contributed by atoms with Gasteiger partial charge in [-0.2, -0.15) is 5.10 Å². The maximum absolute atomic E-state index is 13.7. The van der Waals surface area contributed by atoms with Gasteiger partial charge >= 0.3 is 5.97 Å². The first-order valence-corrected chi connectivity index (χ1v) is 12.6. The van der Waals surface area contributed by atoms with Gasteiger partial charge in [-0.25, -0.2) is 5.01 Å². The molecule has 1 saturated heterocycles. The zero-order valence-corrected chi connectivity index (χ0v) is 21.9. The number of piperidine rings is 1. The summed E-state index contributed by atoms with van der Waals surface area (Å²) in [5, 5.41) is 6.38. The Morgan fingerprint density at radius 2 is 1.70 bits per heavy atom. The molecule has 2 aromatic rings. The molecule has 1 amide bonds. The van der Waals surface area contributed by atoms with E-state index >= 15 is 0 Å². The average molecular weight is 510 g/mol. The highest BCUT2D eigenvalue weighted by Crippen LogP contribution is 2.40. The molecule has 2 aliphatic heterocycles. The Bertz CT molecular complexity index is 1140. The topological polar surface area (TPSA) is 89.9 Å². The van der Waals surface area contributed by atoms with E-state index in [-0.39, 0.29) is 30.4 Å². The fraction of sp³-hybridized carbons (Fsp3) is 0.464. The Morgan fingerprint density at radius 1 is 0.973 bits per heavy atom. The molecule has 1 fully saturated rings. The SMILES string of the molecule is CCOC(=O)C1CCN(CC(=O)N2N=C(c3ccccc3OC)C[C@@H]2c2cc(OC)ccc2OC)CC1. The summed E-state index contributed by atoms with van der Waals surface area (Å²) in [5.74, 6) is 1.67. The van der Waals surface area contributed by atoms with Gasteiger partial charge in [0.1, 0.15) is 17.2 Å². The quantitative estimate of drug-likeness (QED) is 0.477. The summed E-state index contributed by atoms with van der Waals surface area (Å²) in [5.41, 5.74) is 2.44. The van der Waals surface area contributed by atoms with Crippen LogP contribution in [0.25, 0.3) is 0 Å². The molecule has 2 aromatic carbocycles. The number of carbonyl (C=O) groups excluding carboxylic acids is 2. The second-order valence-corrected chi connectivity index (χ2v) is 9.12. The van der Waals surface area contributed by atoms with Gasteiger partial charge in [-0.3, -0.25) is 14.5 Å². The molecule has 2 heterocycles. The summed E-state index contributed by atoms with van der Waals surface area (Å²) in [6, 6.07) is 12.9. The molecule has 0 spiro atoms. The van der Waals surface area contributed by atoms with E-state index in [0.29, 0.717) is 56.2 Å². The predicted molar refractivity (Wildman–Crippen MR) is 139 cm³/mol. The lowest BCUT2D eigenvalue weighted by Gasteiger charge is -2.32. The van der Waals surface area contributed by atoms with Crippen molar-refractivity contribution in [3.63, 3.8) is 0 Å². The summed E-state index contributed by atoms with van der Waals surface area (Å²) in [4.78, 5) is 27.9. The van der Waals surface area contributed by atoms with Crippen LogP contribution in [0.15, 0.2) is 47.6 Å². The molecular weight excluding hydrogens is 474 g/mol. The van der Waals surface area contributed by atoms with Crippen LogP contribution in [0.2, 0.25) is 0 Å². The Morgan fingerprint density at radius 3 is 2.38 bits per heavy atom. The molecule has 9 nitrogen and oxygen atoms in total. The minimum absolute atomic E-state index is 0.109. The number of hydrogen-bond donors (Lipinski definition) is 0. The fourth-order valence-corrected chi connectivity index (χ4v) is 4.98. The largest absolute Gasteiger partial charge is 0.497 e. The Balaban J connectivity index is 1.59. The number of esters is 1. The van der Waals surface area contributed by atoms with E-state index in [2.05, 4.69) is 4.90 Å². The second-order valence-electron chi connectivity index (χ2n) is 9.12. The second kappa shape index (κ2) is 12.1. The van der Waals surface area contributed by atoms with E-state index in [4.69, 9.17) is 24.0 Å². The smallest absolute Gasteiger partial charge is 0.309 e. The van der Waals surface area contributed by atoms with Crippen molar-refractivity contribution in [1.82, 2.24) is 9.91 Å². The molecule has 0 unspecified atom stereocenters. The van der Waals surface area contributed by atoms with E-state index in [9.17, 15) is 9.59 Å². The molecule has 0 radical (unpaired) electrons. The third-order valence-corrected chi connectivity index (χ3v) is 6.95. The standard InChI is InChI=1S/C28H35N3O6/c1-5-37-28(33)19-12-14-30(15-13-19)18-27(32)31-24(22-16-20(34-2)10-11-26(22)36-4)17-23(29-31)21-8-6-7-9-25(21)35-3/h6-11,16,19,24H,5,12-15,17-18H2,1-4H3/t24-/m1/s1. The summed E-state index contributed by atoms with van der Waals surface area (Å²) in [6.07, 6.45) is 1.85. The van der Waals surface area contributed by atoms with Gasteiger partial charge in [0.15, 0.2) is 0 Å². The fourth-order valence-electron chi connectivity index (χ4n) is 4.98. The molecule has 37 heavy (non-hydrogen) atoms. The first-order chi connectivity index (χ1) is 18.0. The van der Waals surface area contributed by atoms with Crippen LogP contribution in [-0.4, -0.2) is 75.1 Å². The van der Waals surface area contributed by atoms with Crippen LogP contribution in [0.3, 0.4) is 0 Å². The summed E-state index contributed by atoms with van der Waals surface area (Å²) in [6.45, 7) is 3.71. The van der Waals surface area contributed by atoms with E-state index in [1.54, 1.807) is 26.3 Å².